The SMILES string of the molecule is Cc1cc(CC[C@@H]2CN(C(=O)c3n[nH]c4ccccc34)CCO2)ncn1. The van der Waals surface area contributed by atoms with Crippen LogP contribution >= 0.6 is 0 Å². The van der Waals surface area contributed by atoms with Crippen LogP contribution in [0.15, 0.2) is 36.7 Å². The van der Waals surface area contributed by atoms with Gasteiger partial charge in [-0.1, -0.05) is 18.2 Å². The first kappa shape index (κ1) is 16.7. The number of carbonyl (C=O) groups is 1. The highest BCUT2D eigenvalue weighted by Gasteiger charge is 2.27. The van der Waals surface area contributed by atoms with Gasteiger partial charge in [-0.25, -0.2) is 9.97 Å². The van der Waals surface area contributed by atoms with E-state index < -0.39 is 0 Å². The quantitative estimate of drug-likeness (QED) is 0.778. The summed E-state index contributed by atoms with van der Waals surface area (Å²) in [5, 5.41) is 8.01. The van der Waals surface area contributed by atoms with Gasteiger partial charge in [0.2, 0.25) is 0 Å². The van der Waals surface area contributed by atoms with Crippen molar-refractivity contribution < 1.29 is 9.53 Å². The Morgan fingerprint density at radius 1 is 1.35 bits per heavy atom. The van der Waals surface area contributed by atoms with Crippen LogP contribution in [0, 0.1) is 6.92 Å². The summed E-state index contributed by atoms with van der Waals surface area (Å²) in [6.45, 7) is 3.66. The van der Waals surface area contributed by atoms with E-state index in [4.69, 9.17) is 4.74 Å². The zero-order chi connectivity index (χ0) is 17.9. The summed E-state index contributed by atoms with van der Waals surface area (Å²) in [6, 6.07) is 9.67. The average Bonchev–Trinajstić information content (AvgIpc) is 3.10. The molecule has 3 aromatic rings. The number of amides is 1. The number of aromatic nitrogens is 4. The monoisotopic (exact) mass is 351 g/mol. The zero-order valence-corrected chi connectivity index (χ0v) is 14.7. The van der Waals surface area contributed by atoms with E-state index in [0.717, 1.165) is 35.1 Å². The predicted octanol–water partition coefficient (Wildman–Crippen LogP) is 2.14. The minimum atomic E-state index is -0.0476. The minimum absolute atomic E-state index is 0.00757. The number of ether oxygens (including phenoxy) is 1. The molecule has 1 atom stereocenters. The van der Waals surface area contributed by atoms with Gasteiger partial charge in [0.1, 0.15) is 6.33 Å². The smallest absolute Gasteiger partial charge is 0.275 e. The Balaban J connectivity index is 1.42. The molecule has 0 saturated carbocycles. The maximum atomic E-state index is 12.9. The van der Waals surface area contributed by atoms with Gasteiger partial charge < -0.3 is 9.64 Å². The lowest BCUT2D eigenvalue weighted by Crippen LogP contribution is -2.46. The molecule has 4 rings (SSSR count). The Morgan fingerprint density at radius 2 is 2.23 bits per heavy atom. The zero-order valence-electron chi connectivity index (χ0n) is 14.7. The number of aryl methyl sites for hydroxylation is 2. The Bertz CT molecular complexity index is 923. The molecule has 1 amide bonds. The van der Waals surface area contributed by atoms with Gasteiger partial charge in [0.25, 0.3) is 5.91 Å². The maximum absolute atomic E-state index is 12.9. The van der Waals surface area contributed by atoms with Crippen LogP contribution in [0.2, 0.25) is 0 Å². The molecule has 1 aliphatic heterocycles. The van der Waals surface area contributed by atoms with E-state index in [9.17, 15) is 4.79 Å². The van der Waals surface area contributed by atoms with Gasteiger partial charge in [-0.3, -0.25) is 9.89 Å². The van der Waals surface area contributed by atoms with Crippen LogP contribution in [0.3, 0.4) is 0 Å². The lowest BCUT2D eigenvalue weighted by Gasteiger charge is -2.32. The fourth-order valence-corrected chi connectivity index (χ4v) is 3.31. The number of hydrogen-bond acceptors (Lipinski definition) is 5. The van der Waals surface area contributed by atoms with Crippen molar-refractivity contribution >= 4 is 16.8 Å². The highest BCUT2D eigenvalue weighted by Crippen LogP contribution is 2.19. The number of benzene rings is 1. The molecule has 26 heavy (non-hydrogen) atoms. The lowest BCUT2D eigenvalue weighted by molar-refractivity contribution is -0.0248. The molecule has 0 unspecified atom stereocenters. The fourth-order valence-electron chi connectivity index (χ4n) is 3.31. The molecule has 1 aliphatic rings. The first-order valence-corrected chi connectivity index (χ1v) is 8.82. The lowest BCUT2D eigenvalue weighted by atomic mass is 10.1. The van der Waals surface area contributed by atoms with Gasteiger partial charge in [0, 0.05) is 29.9 Å². The number of para-hydroxylation sites is 1. The number of fused-ring (bicyclic) bond motifs is 1. The number of morpholine rings is 1. The number of nitrogens with zero attached hydrogens (tertiary/aromatic N) is 4. The third kappa shape index (κ3) is 3.43. The number of aromatic amines is 1. The highest BCUT2D eigenvalue weighted by atomic mass is 16.5. The molecule has 1 N–H and O–H groups in total. The molecular weight excluding hydrogens is 330 g/mol. The van der Waals surface area contributed by atoms with Crippen LogP contribution in [0.5, 0.6) is 0 Å². The molecule has 1 aromatic carbocycles. The second-order valence-corrected chi connectivity index (χ2v) is 6.55. The second kappa shape index (κ2) is 7.21. The van der Waals surface area contributed by atoms with Gasteiger partial charge in [-0.05, 0) is 31.9 Å². The molecule has 7 heteroatoms. The molecule has 3 heterocycles. The largest absolute Gasteiger partial charge is 0.375 e. The van der Waals surface area contributed by atoms with Gasteiger partial charge in [0.15, 0.2) is 5.69 Å². The third-order valence-corrected chi connectivity index (χ3v) is 4.68. The van der Waals surface area contributed by atoms with E-state index in [1.54, 1.807) is 6.33 Å². The summed E-state index contributed by atoms with van der Waals surface area (Å²) >= 11 is 0. The van der Waals surface area contributed by atoms with E-state index in [0.29, 0.717) is 25.4 Å². The number of H-pyrrole nitrogens is 1. The van der Waals surface area contributed by atoms with E-state index in [1.807, 2.05) is 42.2 Å². The molecule has 0 aliphatic carbocycles. The molecule has 2 aromatic heterocycles. The average molecular weight is 351 g/mol. The highest BCUT2D eigenvalue weighted by molar-refractivity contribution is 6.04. The number of nitrogens with one attached hydrogen (secondary N) is 1. The van der Waals surface area contributed by atoms with Crippen molar-refractivity contribution in [1.82, 2.24) is 25.1 Å². The van der Waals surface area contributed by atoms with Crippen molar-refractivity contribution in [3.8, 4) is 0 Å². The van der Waals surface area contributed by atoms with Gasteiger partial charge in [-0.15, -0.1) is 0 Å². The number of rotatable bonds is 4. The molecule has 0 radical (unpaired) electrons. The van der Waals surface area contributed by atoms with Gasteiger partial charge >= 0.3 is 0 Å². The van der Waals surface area contributed by atoms with Crippen molar-refractivity contribution in [3.05, 3.63) is 53.7 Å². The van der Waals surface area contributed by atoms with Gasteiger partial charge in [-0.2, -0.15) is 5.10 Å². The van der Waals surface area contributed by atoms with E-state index >= 15 is 0 Å². The van der Waals surface area contributed by atoms with Crippen LogP contribution in [-0.2, 0) is 11.2 Å². The van der Waals surface area contributed by atoms with Crippen LogP contribution in [0.25, 0.3) is 10.9 Å². The summed E-state index contributed by atoms with van der Waals surface area (Å²) < 4.78 is 5.85. The van der Waals surface area contributed by atoms with Crippen molar-refractivity contribution in [2.24, 2.45) is 0 Å². The minimum Gasteiger partial charge on any atom is -0.375 e. The van der Waals surface area contributed by atoms with Crippen LogP contribution in [0.1, 0.15) is 28.3 Å². The van der Waals surface area contributed by atoms with Crippen LogP contribution in [-0.4, -0.2) is 56.8 Å². The van der Waals surface area contributed by atoms with Crippen LogP contribution < -0.4 is 0 Å². The van der Waals surface area contributed by atoms with E-state index in [1.165, 1.54) is 0 Å². The summed E-state index contributed by atoms with van der Waals surface area (Å²) in [7, 11) is 0. The molecule has 1 fully saturated rings. The molecule has 0 spiro atoms. The standard InChI is InChI=1S/C19H21N5O2/c1-13-10-14(21-12-20-13)6-7-15-11-24(8-9-26-15)19(25)18-16-4-2-3-5-17(16)22-23-18/h2-5,10,12,15H,6-9,11H2,1H3,(H,22,23)/t15-/m1/s1. The van der Waals surface area contributed by atoms with Crippen molar-refractivity contribution in [2.75, 3.05) is 19.7 Å². The fraction of sp³-hybridized carbons (Fsp3) is 0.368. The summed E-state index contributed by atoms with van der Waals surface area (Å²) in [4.78, 5) is 23.2. The Morgan fingerprint density at radius 3 is 3.12 bits per heavy atom. The molecule has 1 saturated heterocycles. The number of hydrogen-bond donors (Lipinski definition) is 1. The second-order valence-electron chi connectivity index (χ2n) is 6.55. The summed E-state index contributed by atoms with van der Waals surface area (Å²) in [5.74, 6) is -0.0476. The van der Waals surface area contributed by atoms with Gasteiger partial charge in [0.05, 0.1) is 18.2 Å². The molecular formula is C19H21N5O2. The Hall–Kier alpha value is -2.80. The van der Waals surface area contributed by atoms with Crippen molar-refractivity contribution in [3.63, 3.8) is 0 Å². The normalized spacial score (nSPS) is 17.6. The summed E-state index contributed by atoms with van der Waals surface area (Å²) in [6.07, 6.45) is 3.22. The van der Waals surface area contributed by atoms with Crippen molar-refractivity contribution in [2.45, 2.75) is 25.9 Å². The Kier molecular flexibility index (Phi) is 4.62. The third-order valence-electron chi connectivity index (χ3n) is 4.68. The topological polar surface area (TPSA) is 84.0 Å². The first-order chi connectivity index (χ1) is 12.7. The van der Waals surface area contributed by atoms with Crippen LogP contribution in [0.4, 0.5) is 0 Å². The maximum Gasteiger partial charge on any atom is 0.275 e. The molecule has 134 valence electrons. The van der Waals surface area contributed by atoms with Crippen molar-refractivity contribution in [1.29, 1.82) is 0 Å². The van der Waals surface area contributed by atoms with E-state index in [2.05, 4.69) is 20.2 Å². The Labute approximate surface area is 151 Å². The predicted molar refractivity (Wildman–Crippen MR) is 96.8 cm³/mol. The first-order valence-electron chi connectivity index (χ1n) is 8.82. The number of carbonyl (C=O) groups excluding carboxylic acids is 1. The molecule has 7 nitrogen and oxygen atoms in total. The molecule has 0 bridgehead atoms. The van der Waals surface area contributed by atoms with E-state index in [-0.39, 0.29) is 12.0 Å². The summed E-state index contributed by atoms with van der Waals surface area (Å²) in [5.41, 5.74) is 3.32.